The average molecular weight is 242 g/mol. The minimum atomic E-state index is 0.761. The lowest BCUT2D eigenvalue weighted by Gasteiger charge is -2.34. The van der Waals surface area contributed by atoms with Crippen LogP contribution >= 0.6 is 0 Å². The molecule has 1 aliphatic heterocycles. The largest absolute Gasteiger partial charge is 0.371 e. The molecule has 0 unspecified atom stereocenters. The van der Waals surface area contributed by atoms with Crippen molar-refractivity contribution in [1.29, 1.82) is 5.26 Å². The topological polar surface area (TPSA) is 27.0 Å². The zero-order chi connectivity index (χ0) is 13.0. The first-order valence-electron chi connectivity index (χ1n) is 7.00. The highest BCUT2D eigenvalue weighted by Crippen LogP contribution is 2.28. The van der Waals surface area contributed by atoms with E-state index in [1.807, 2.05) is 12.1 Å². The summed E-state index contributed by atoms with van der Waals surface area (Å²) in [6.07, 6.45) is 5.31. The minimum Gasteiger partial charge on any atom is -0.371 e. The standard InChI is InChI=1S/C16H22N2/c1-3-4-14-7-9-18(10-8-14)16-6-5-15(12-17)11-13(16)2/h5-6,11,14H,3-4,7-10H2,1-2H3. The highest BCUT2D eigenvalue weighted by Gasteiger charge is 2.19. The number of nitriles is 1. The zero-order valence-electron chi connectivity index (χ0n) is 11.4. The predicted octanol–water partition coefficient (Wildman–Crippen LogP) is 3.88. The van der Waals surface area contributed by atoms with Gasteiger partial charge in [0.05, 0.1) is 11.6 Å². The van der Waals surface area contributed by atoms with Crippen LogP contribution in [-0.4, -0.2) is 13.1 Å². The molecular weight excluding hydrogens is 220 g/mol. The average Bonchev–Trinajstić information content (AvgIpc) is 2.40. The monoisotopic (exact) mass is 242 g/mol. The molecule has 0 saturated carbocycles. The Kier molecular flexibility index (Phi) is 4.25. The molecule has 96 valence electrons. The molecule has 0 aromatic heterocycles. The maximum absolute atomic E-state index is 8.89. The first-order valence-corrected chi connectivity index (χ1v) is 7.00. The van der Waals surface area contributed by atoms with Gasteiger partial charge in [0, 0.05) is 18.8 Å². The second-order valence-electron chi connectivity index (χ2n) is 5.33. The summed E-state index contributed by atoms with van der Waals surface area (Å²) in [6, 6.07) is 8.23. The Labute approximate surface area is 110 Å². The van der Waals surface area contributed by atoms with E-state index in [0.29, 0.717) is 0 Å². The second kappa shape index (κ2) is 5.91. The van der Waals surface area contributed by atoms with E-state index in [1.165, 1.54) is 36.9 Å². The van der Waals surface area contributed by atoms with Crippen LogP contribution in [-0.2, 0) is 0 Å². The van der Waals surface area contributed by atoms with Gasteiger partial charge in [0.15, 0.2) is 0 Å². The van der Waals surface area contributed by atoms with E-state index in [0.717, 1.165) is 24.6 Å². The molecule has 0 spiro atoms. The van der Waals surface area contributed by atoms with Crippen LogP contribution in [0, 0.1) is 24.2 Å². The SMILES string of the molecule is CCCC1CCN(c2ccc(C#N)cc2C)CC1. The van der Waals surface area contributed by atoms with Crippen LogP contribution in [0.5, 0.6) is 0 Å². The van der Waals surface area contributed by atoms with Gasteiger partial charge in [-0.2, -0.15) is 5.26 Å². The molecular formula is C16H22N2. The third-order valence-corrected chi connectivity index (χ3v) is 3.98. The van der Waals surface area contributed by atoms with Gasteiger partial charge >= 0.3 is 0 Å². The van der Waals surface area contributed by atoms with Gasteiger partial charge in [-0.3, -0.25) is 0 Å². The molecule has 0 atom stereocenters. The molecule has 1 aliphatic rings. The Morgan fingerprint density at radius 2 is 2.06 bits per heavy atom. The van der Waals surface area contributed by atoms with E-state index in [4.69, 9.17) is 5.26 Å². The Bertz CT molecular complexity index is 437. The first kappa shape index (κ1) is 13.0. The van der Waals surface area contributed by atoms with Gasteiger partial charge in [-0.25, -0.2) is 0 Å². The molecule has 1 aromatic rings. The van der Waals surface area contributed by atoms with Gasteiger partial charge in [-0.1, -0.05) is 19.8 Å². The Morgan fingerprint density at radius 3 is 2.61 bits per heavy atom. The van der Waals surface area contributed by atoms with Gasteiger partial charge < -0.3 is 4.90 Å². The van der Waals surface area contributed by atoms with Crippen molar-refractivity contribution in [1.82, 2.24) is 0 Å². The number of benzene rings is 1. The van der Waals surface area contributed by atoms with Gasteiger partial charge in [0.2, 0.25) is 0 Å². The van der Waals surface area contributed by atoms with Crippen molar-refractivity contribution >= 4 is 5.69 Å². The Morgan fingerprint density at radius 1 is 1.33 bits per heavy atom. The van der Waals surface area contributed by atoms with Crippen LogP contribution < -0.4 is 4.90 Å². The Hall–Kier alpha value is -1.49. The molecule has 0 amide bonds. The lowest BCUT2D eigenvalue weighted by Crippen LogP contribution is -2.34. The molecule has 0 radical (unpaired) electrons. The highest BCUT2D eigenvalue weighted by molar-refractivity contribution is 5.56. The molecule has 2 nitrogen and oxygen atoms in total. The summed E-state index contributed by atoms with van der Waals surface area (Å²) < 4.78 is 0. The van der Waals surface area contributed by atoms with Crippen LogP contribution in [0.15, 0.2) is 18.2 Å². The summed E-state index contributed by atoms with van der Waals surface area (Å²) in [5.41, 5.74) is 3.30. The van der Waals surface area contributed by atoms with Crippen LogP contribution in [0.4, 0.5) is 5.69 Å². The number of aryl methyl sites for hydroxylation is 1. The molecule has 0 N–H and O–H groups in total. The highest BCUT2D eigenvalue weighted by atomic mass is 15.1. The van der Waals surface area contributed by atoms with E-state index < -0.39 is 0 Å². The molecule has 2 rings (SSSR count). The molecule has 18 heavy (non-hydrogen) atoms. The minimum absolute atomic E-state index is 0.761. The van der Waals surface area contributed by atoms with E-state index in [-0.39, 0.29) is 0 Å². The fourth-order valence-electron chi connectivity index (χ4n) is 2.95. The fraction of sp³-hybridized carbons (Fsp3) is 0.562. The van der Waals surface area contributed by atoms with Crippen molar-refractivity contribution in [2.24, 2.45) is 5.92 Å². The normalized spacial score (nSPS) is 16.6. The van der Waals surface area contributed by atoms with Gasteiger partial charge in [0.1, 0.15) is 0 Å². The Balaban J connectivity index is 2.04. The molecule has 0 aliphatic carbocycles. The third kappa shape index (κ3) is 2.85. The van der Waals surface area contributed by atoms with Crippen molar-refractivity contribution in [3.05, 3.63) is 29.3 Å². The number of hydrogen-bond donors (Lipinski definition) is 0. The second-order valence-corrected chi connectivity index (χ2v) is 5.33. The molecule has 0 bridgehead atoms. The molecule has 1 heterocycles. The third-order valence-electron chi connectivity index (χ3n) is 3.98. The fourth-order valence-corrected chi connectivity index (χ4v) is 2.95. The number of hydrogen-bond acceptors (Lipinski definition) is 2. The number of nitrogens with zero attached hydrogens (tertiary/aromatic N) is 2. The van der Waals surface area contributed by atoms with Gasteiger partial charge in [-0.15, -0.1) is 0 Å². The number of piperidine rings is 1. The van der Waals surface area contributed by atoms with E-state index in [2.05, 4.69) is 30.9 Å². The van der Waals surface area contributed by atoms with Crippen LogP contribution in [0.2, 0.25) is 0 Å². The van der Waals surface area contributed by atoms with Crippen molar-refractivity contribution in [3.8, 4) is 6.07 Å². The zero-order valence-corrected chi connectivity index (χ0v) is 11.4. The first-order chi connectivity index (χ1) is 8.74. The molecule has 1 fully saturated rings. The quantitative estimate of drug-likeness (QED) is 0.804. The number of rotatable bonds is 3. The summed E-state index contributed by atoms with van der Waals surface area (Å²) in [5, 5.41) is 8.89. The van der Waals surface area contributed by atoms with E-state index >= 15 is 0 Å². The lowest BCUT2D eigenvalue weighted by molar-refractivity contribution is 0.378. The number of anilines is 1. The summed E-state index contributed by atoms with van der Waals surface area (Å²) >= 11 is 0. The van der Waals surface area contributed by atoms with Gasteiger partial charge in [0.25, 0.3) is 0 Å². The van der Waals surface area contributed by atoms with Crippen LogP contribution in [0.25, 0.3) is 0 Å². The van der Waals surface area contributed by atoms with Crippen molar-refractivity contribution in [2.75, 3.05) is 18.0 Å². The predicted molar refractivity (Wildman–Crippen MR) is 75.7 cm³/mol. The summed E-state index contributed by atoms with van der Waals surface area (Å²) in [7, 11) is 0. The van der Waals surface area contributed by atoms with Crippen LogP contribution in [0.1, 0.15) is 43.7 Å². The van der Waals surface area contributed by atoms with Crippen LogP contribution in [0.3, 0.4) is 0 Å². The maximum Gasteiger partial charge on any atom is 0.0991 e. The summed E-state index contributed by atoms with van der Waals surface area (Å²) in [5.74, 6) is 0.921. The van der Waals surface area contributed by atoms with E-state index in [1.54, 1.807) is 0 Å². The molecule has 1 saturated heterocycles. The lowest BCUT2D eigenvalue weighted by atomic mass is 9.92. The maximum atomic E-state index is 8.89. The van der Waals surface area contributed by atoms with Crippen molar-refractivity contribution < 1.29 is 0 Å². The van der Waals surface area contributed by atoms with E-state index in [9.17, 15) is 0 Å². The summed E-state index contributed by atoms with van der Waals surface area (Å²) in [6.45, 7) is 6.71. The van der Waals surface area contributed by atoms with Crippen molar-refractivity contribution in [2.45, 2.75) is 39.5 Å². The molecule has 2 heteroatoms. The molecule has 1 aromatic carbocycles. The van der Waals surface area contributed by atoms with Crippen molar-refractivity contribution in [3.63, 3.8) is 0 Å². The summed E-state index contributed by atoms with van der Waals surface area (Å²) in [4.78, 5) is 2.47. The smallest absolute Gasteiger partial charge is 0.0991 e. The van der Waals surface area contributed by atoms with Gasteiger partial charge in [-0.05, 0) is 49.4 Å².